The second-order valence-electron chi connectivity index (χ2n) is 2.57. The summed E-state index contributed by atoms with van der Waals surface area (Å²) in [6.07, 6.45) is 3.01. The molecule has 0 fully saturated rings. The van der Waals surface area contributed by atoms with E-state index in [1.165, 1.54) is 0 Å². The smallest absolute Gasteiger partial charge is 0.0638 e. The molecule has 1 atom stereocenters. The fourth-order valence-corrected chi connectivity index (χ4v) is 1.53. The fraction of sp³-hybridized carbons (Fsp3) is 0.375. The molecule has 0 saturated heterocycles. The van der Waals surface area contributed by atoms with E-state index in [9.17, 15) is 0 Å². The lowest BCUT2D eigenvalue weighted by Gasteiger charge is -2.05. The standard InChI is InChI=1S/C8H12N2OS/c1-6(11)5-12-8-2-3-10-4-7(8)9/h2-4,6,11H,5,9H2,1H3. The third kappa shape index (κ3) is 2.71. The van der Waals surface area contributed by atoms with Crippen LogP contribution in [-0.4, -0.2) is 21.9 Å². The SMILES string of the molecule is CC(O)CSc1ccncc1N. The largest absolute Gasteiger partial charge is 0.397 e. The Bertz CT molecular complexity index is 253. The van der Waals surface area contributed by atoms with Crippen LogP contribution in [0.25, 0.3) is 0 Å². The van der Waals surface area contributed by atoms with Gasteiger partial charge in [-0.15, -0.1) is 11.8 Å². The summed E-state index contributed by atoms with van der Waals surface area (Å²) in [5.41, 5.74) is 6.31. The molecule has 3 N–H and O–H groups in total. The van der Waals surface area contributed by atoms with Gasteiger partial charge in [0.15, 0.2) is 0 Å². The van der Waals surface area contributed by atoms with Crippen molar-refractivity contribution in [2.24, 2.45) is 0 Å². The van der Waals surface area contributed by atoms with Gasteiger partial charge in [-0.3, -0.25) is 4.98 Å². The maximum Gasteiger partial charge on any atom is 0.0638 e. The predicted molar refractivity (Wildman–Crippen MR) is 51.1 cm³/mol. The van der Waals surface area contributed by atoms with Crippen LogP contribution >= 0.6 is 11.8 Å². The molecule has 1 unspecified atom stereocenters. The molecule has 0 aromatic carbocycles. The average molecular weight is 184 g/mol. The molecular weight excluding hydrogens is 172 g/mol. The summed E-state index contributed by atoms with van der Waals surface area (Å²) >= 11 is 1.54. The van der Waals surface area contributed by atoms with E-state index < -0.39 is 0 Å². The lowest BCUT2D eigenvalue weighted by atomic mass is 10.4. The van der Waals surface area contributed by atoms with Crippen molar-refractivity contribution in [1.82, 2.24) is 4.98 Å². The summed E-state index contributed by atoms with van der Waals surface area (Å²) in [5, 5.41) is 9.03. The van der Waals surface area contributed by atoms with E-state index in [1.54, 1.807) is 31.1 Å². The Kier molecular flexibility index (Phi) is 3.37. The monoisotopic (exact) mass is 184 g/mol. The number of aromatic nitrogens is 1. The molecule has 1 rings (SSSR count). The zero-order valence-corrected chi connectivity index (χ0v) is 7.71. The van der Waals surface area contributed by atoms with Crippen LogP contribution in [0.3, 0.4) is 0 Å². The Labute approximate surface area is 76.0 Å². The van der Waals surface area contributed by atoms with Crippen molar-refractivity contribution in [3.63, 3.8) is 0 Å². The molecule has 0 aliphatic carbocycles. The lowest BCUT2D eigenvalue weighted by molar-refractivity contribution is 0.220. The van der Waals surface area contributed by atoms with Crippen molar-refractivity contribution in [3.05, 3.63) is 18.5 Å². The quantitative estimate of drug-likeness (QED) is 0.691. The van der Waals surface area contributed by atoms with E-state index in [2.05, 4.69) is 4.98 Å². The fourth-order valence-electron chi connectivity index (χ4n) is 0.736. The molecule has 0 radical (unpaired) electrons. The van der Waals surface area contributed by atoms with Gasteiger partial charge in [-0.1, -0.05) is 0 Å². The van der Waals surface area contributed by atoms with E-state index >= 15 is 0 Å². The van der Waals surface area contributed by atoms with E-state index in [-0.39, 0.29) is 6.10 Å². The van der Waals surface area contributed by atoms with Crippen molar-refractivity contribution in [3.8, 4) is 0 Å². The minimum Gasteiger partial charge on any atom is -0.397 e. The number of hydrogen-bond acceptors (Lipinski definition) is 4. The van der Waals surface area contributed by atoms with Gasteiger partial charge in [-0.25, -0.2) is 0 Å². The van der Waals surface area contributed by atoms with Crippen molar-refractivity contribution in [2.75, 3.05) is 11.5 Å². The van der Waals surface area contributed by atoms with Crippen LogP contribution in [0.15, 0.2) is 23.4 Å². The molecular formula is C8H12N2OS. The third-order valence-corrected chi connectivity index (χ3v) is 2.62. The van der Waals surface area contributed by atoms with E-state index in [0.717, 1.165) is 4.90 Å². The normalized spacial score (nSPS) is 12.8. The first kappa shape index (κ1) is 9.35. The molecule has 1 aromatic heterocycles. The number of pyridine rings is 1. The van der Waals surface area contributed by atoms with Gasteiger partial charge < -0.3 is 10.8 Å². The highest BCUT2D eigenvalue weighted by atomic mass is 32.2. The van der Waals surface area contributed by atoms with Crippen LogP contribution in [0.1, 0.15) is 6.92 Å². The zero-order valence-electron chi connectivity index (χ0n) is 6.90. The Morgan fingerprint density at radius 2 is 2.50 bits per heavy atom. The maximum absolute atomic E-state index is 9.03. The van der Waals surface area contributed by atoms with Crippen LogP contribution in [0, 0.1) is 0 Å². The number of thioether (sulfide) groups is 1. The molecule has 1 heterocycles. The number of nitrogen functional groups attached to an aromatic ring is 1. The average Bonchev–Trinajstić information content (AvgIpc) is 2.03. The number of rotatable bonds is 3. The molecule has 3 nitrogen and oxygen atoms in total. The van der Waals surface area contributed by atoms with Gasteiger partial charge >= 0.3 is 0 Å². The van der Waals surface area contributed by atoms with Crippen LogP contribution in [0.5, 0.6) is 0 Å². The topological polar surface area (TPSA) is 59.1 Å². The summed E-state index contributed by atoms with van der Waals surface area (Å²) in [7, 11) is 0. The van der Waals surface area contributed by atoms with Crippen LogP contribution in [0.4, 0.5) is 5.69 Å². The number of aliphatic hydroxyl groups is 1. The number of hydrogen-bond donors (Lipinski definition) is 2. The predicted octanol–water partition coefficient (Wildman–Crippen LogP) is 1.14. The Hall–Kier alpha value is -0.740. The van der Waals surface area contributed by atoms with Crippen molar-refractivity contribution in [2.45, 2.75) is 17.9 Å². The molecule has 0 bridgehead atoms. The Balaban J connectivity index is 2.57. The second kappa shape index (κ2) is 4.33. The van der Waals surface area contributed by atoms with E-state index in [0.29, 0.717) is 11.4 Å². The van der Waals surface area contributed by atoms with Crippen LogP contribution in [-0.2, 0) is 0 Å². The van der Waals surface area contributed by atoms with Gasteiger partial charge in [0.25, 0.3) is 0 Å². The number of anilines is 1. The van der Waals surface area contributed by atoms with Gasteiger partial charge in [0.1, 0.15) is 0 Å². The molecule has 1 aromatic rings. The number of nitrogens with zero attached hydrogens (tertiary/aromatic N) is 1. The summed E-state index contributed by atoms with van der Waals surface area (Å²) in [5.74, 6) is 0.661. The Morgan fingerprint density at radius 3 is 3.08 bits per heavy atom. The minimum atomic E-state index is -0.303. The van der Waals surface area contributed by atoms with Crippen molar-refractivity contribution < 1.29 is 5.11 Å². The molecule has 66 valence electrons. The van der Waals surface area contributed by atoms with Gasteiger partial charge in [-0.05, 0) is 13.0 Å². The first-order valence-electron chi connectivity index (χ1n) is 3.70. The minimum absolute atomic E-state index is 0.303. The summed E-state index contributed by atoms with van der Waals surface area (Å²) < 4.78 is 0. The van der Waals surface area contributed by atoms with Crippen molar-refractivity contribution in [1.29, 1.82) is 0 Å². The third-order valence-electron chi connectivity index (χ3n) is 1.29. The van der Waals surface area contributed by atoms with Crippen LogP contribution in [0.2, 0.25) is 0 Å². The zero-order chi connectivity index (χ0) is 8.97. The highest BCUT2D eigenvalue weighted by molar-refractivity contribution is 7.99. The molecule has 4 heteroatoms. The highest BCUT2D eigenvalue weighted by Crippen LogP contribution is 2.23. The molecule has 0 amide bonds. The van der Waals surface area contributed by atoms with Gasteiger partial charge in [-0.2, -0.15) is 0 Å². The number of aliphatic hydroxyl groups excluding tert-OH is 1. The lowest BCUT2D eigenvalue weighted by Crippen LogP contribution is -2.03. The van der Waals surface area contributed by atoms with E-state index in [1.807, 2.05) is 6.07 Å². The van der Waals surface area contributed by atoms with Crippen molar-refractivity contribution >= 4 is 17.4 Å². The first-order chi connectivity index (χ1) is 5.70. The first-order valence-corrected chi connectivity index (χ1v) is 4.69. The molecule has 12 heavy (non-hydrogen) atoms. The summed E-state index contributed by atoms with van der Waals surface area (Å²) in [4.78, 5) is 4.85. The summed E-state index contributed by atoms with van der Waals surface area (Å²) in [6.45, 7) is 1.75. The highest BCUT2D eigenvalue weighted by Gasteiger charge is 2.01. The second-order valence-corrected chi connectivity index (χ2v) is 3.64. The Morgan fingerprint density at radius 1 is 1.75 bits per heavy atom. The summed E-state index contributed by atoms with van der Waals surface area (Å²) in [6, 6.07) is 1.85. The molecule has 0 saturated carbocycles. The van der Waals surface area contributed by atoms with Gasteiger partial charge in [0.2, 0.25) is 0 Å². The van der Waals surface area contributed by atoms with Crippen LogP contribution < -0.4 is 5.73 Å². The van der Waals surface area contributed by atoms with Gasteiger partial charge in [0.05, 0.1) is 18.0 Å². The molecule has 0 aliphatic rings. The molecule has 0 spiro atoms. The molecule has 0 aliphatic heterocycles. The van der Waals surface area contributed by atoms with Gasteiger partial charge in [0, 0.05) is 16.8 Å². The maximum atomic E-state index is 9.03. The number of nitrogens with two attached hydrogens (primary N) is 1. The van der Waals surface area contributed by atoms with E-state index in [4.69, 9.17) is 10.8 Å².